The lowest BCUT2D eigenvalue weighted by Crippen LogP contribution is -2.40. The topological polar surface area (TPSA) is 298 Å². The number of amides is 3. The van der Waals surface area contributed by atoms with Crippen molar-refractivity contribution >= 4 is 81.3 Å². The molecule has 1 saturated carbocycles. The number of sulfonamides is 1. The molecule has 0 saturated heterocycles. The summed E-state index contributed by atoms with van der Waals surface area (Å²) in [6, 6.07) is 6.34. The van der Waals surface area contributed by atoms with Gasteiger partial charge in [-0.2, -0.15) is 49.6 Å². The average molecular weight is 1430 g/mol. The summed E-state index contributed by atoms with van der Waals surface area (Å²) in [5, 5.41) is 10.9. The molecule has 2 aliphatic carbocycles. The first kappa shape index (κ1) is 72.9. The van der Waals surface area contributed by atoms with Crippen LogP contribution in [0.3, 0.4) is 0 Å². The molecule has 1 fully saturated rings. The highest BCUT2D eigenvalue weighted by Gasteiger charge is 2.68. The number of nitrogens with one attached hydrogen (secondary N) is 2. The van der Waals surface area contributed by atoms with E-state index < -0.39 is 204 Å². The first-order valence-corrected chi connectivity index (χ1v) is 35.4. The Morgan fingerprint density at radius 2 is 1.51 bits per heavy atom. The number of aromatic nitrogens is 5. The molecule has 3 heterocycles. The summed E-state index contributed by atoms with van der Waals surface area (Å²) in [5.74, 6) is -9.75. The van der Waals surface area contributed by atoms with Gasteiger partial charge in [0.25, 0.3) is 11.8 Å². The van der Waals surface area contributed by atoms with Gasteiger partial charge in [0, 0.05) is 57.9 Å². The number of phosphoric acid groups is 1. The average Bonchev–Trinajstić information content (AvgIpc) is 1.52. The molecule has 22 nitrogen and oxygen atoms in total. The molecule has 0 spiro atoms. The Hall–Kier alpha value is -6.95. The molecule has 8 rings (SSSR count). The van der Waals surface area contributed by atoms with Gasteiger partial charge in [-0.25, -0.2) is 35.2 Å². The molecule has 4 N–H and O–H groups in total. The van der Waals surface area contributed by atoms with Crippen LogP contribution in [0.15, 0.2) is 54.6 Å². The molecular formula is C57H59ClF10N8O14P2S2. The van der Waals surface area contributed by atoms with Crippen molar-refractivity contribution in [1.82, 2.24) is 35.2 Å². The lowest BCUT2D eigenvalue weighted by Gasteiger charge is -2.31. The van der Waals surface area contributed by atoms with Crippen LogP contribution in [0.25, 0.3) is 22.0 Å². The Kier molecular flexibility index (Phi) is 20.1. The largest absolute Gasteiger partial charge is 0.524 e. The molecule has 3 aromatic carbocycles. The maximum absolute atomic E-state index is 15.8. The van der Waals surface area contributed by atoms with E-state index in [1.54, 1.807) is 0 Å². The second-order valence-electron chi connectivity index (χ2n) is 23.4. The summed E-state index contributed by atoms with van der Waals surface area (Å²) in [4.78, 5) is 67.6. The van der Waals surface area contributed by atoms with Gasteiger partial charge in [0.05, 0.1) is 47.1 Å². The van der Waals surface area contributed by atoms with E-state index >= 15 is 35.5 Å². The van der Waals surface area contributed by atoms with Crippen molar-refractivity contribution in [2.75, 3.05) is 36.3 Å². The van der Waals surface area contributed by atoms with Crippen LogP contribution < -0.4 is 19.5 Å². The van der Waals surface area contributed by atoms with Gasteiger partial charge in [-0.05, 0) is 113 Å². The van der Waals surface area contributed by atoms with E-state index in [-0.39, 0.29) is 61.3 Å². The number of pyridine rings is 1. The van der Waals surface area contributed by atoms with Crippen LogP contribution >= 0.6 is 27.0 Å². The van der Waals surface area contributed by atoms with Gasteiger partial charge < -0.3 is 24.2 Å². The number of anilines is 1. The minimum Gasteiger partial charge on any atom is -0.404 e. The number of alkyl halides is 8. The number of benzene rings is 3. The summed E-state index contributed by atoms with van der Waals surface area (Å²) < 4.78 is 243. The lowest BCUT2D eigenvalue weighted by molar-refractivity contribution is -0.143. The SMILES string of the molecule is CCOP(=O)(CNC(=O)c1cc(C)c(C(C)(C)CC(=O)N(c2nn(CC(F)(F)F)c3c(-c4ccc(C#CC(C)(C)S(C)(=O)=O)nc4[C@H](Cc4cc(F)cc(F)c4)NC(=O)Cn4nc(C(F)(F)F)c5c4C(F)(F)[C@@H]4C[C@H]54)ccc(Cl)c23)S(C)(=O)=O)c(OP(=O)(O)O)c1)OCC. The zero-order chi connectivity index (χ0) is 70.2. The highest BCUT2D eigenvalue weighted by atomic mass is 35.5. The van der Waals surface area contributed by atoms with Crippen molar-refractivity contribution in [2.45, 2.75) is 121 Å². The Bertz CT molecular complexity index is 4440. The quantitative estimate of drug-likeness (QED) is 0.0263. The van der Waals surface area contributed by atoms with Crippen LogP contribution in [0.5, 0.6) is 5.75 Å². The number of carbonyl (C=O) groups is 3. The molecule has 2 aliphatic rings. The number of phosphoric ester groups is 1. The first-order chi connectivity index (χ1) is 43.1. The minimum absolute atomic E-state index is 0.0125. The Morgan fingerprint density at radius 3 is 2.07 bits per heavy atom. The van der Waals surface area contributed by atoms with Crippen LogP contribution in [-0.4, -0.2) is 112 Å². The molecule has 0 bridgehead atoms. The zero-order valence-electron chi connectivity index (χ0n) is 50.9. The highest BCUT2D eigenvalue weighted by Crippen LogP contribution is 2.68. The van der Waals surface area contributed by atoms with E-state index in [2.05, 4.69) is 37.7 Å². The van der Waals surface area contributed by atoms with Crippen molar-refractivity contribution < 1.29 is 108 Å². The van der Waals surface area contributed by atoms with E-state index in [1.807, 2.05) is 0 Å². The number of sulfone groups is 1. The molecule has 3 atom stereocenters. The number of aryl methyl sites for hydroxylation is 1. The van der Waals surface area contributed by atoms with Gasteiger partial charge in [0.15, 0.2) is 21.3 Å². The maximum Gasteiger partial charge on any atom is 0.524 e. The molecular weight excluding hydrogens is 1370 g/mol. The highest BCUT2D eigenvalue weighted by molar-refractivity contribution is 7.93. The number of hydrogen-bond donors (Lipinski definition) is 4. The monoisotopic (exact) mass is 1430 g/mol. The van der Waals surface area contributed by atoms with Crippen molar-refractivity contribution in [3.63, 3.8) is 0 Å². The number of halogens is 11. The molecule has 37 heteroatoms. The summed E-state index contributed by atoms with van der Waals surface area (Å²) >= 11 is 6.83. The molecule has 0 radical (unpaired) electrons. The third-order valence-corrected chi connectivity index (χ3v) is 20.8. The van der Waals surface area contributed by atoms with Gasteiger partial charge in [0.1, 0.15) is 52.9 Å². The standard InChI is InChI=1S/C57H59ClF10N8O14P2S2/c1-10-88-91(80,89-11-2)28-69-52(79)31-18-29(3)46(41(22-31)90-92(81,82)83)53(4,5)25-43(78)76(94(9,86)87)51-45-39(58)15-14-36(48(45)75(73-51)27-55(61,62)63)35-13-12-34(16-17-54(6,7)93(8,84)85)70-47(35)40(21-30-19-32(59)23-33(60)20-30)71-42(77)26-74-50-44(49(72-74)57(66,67)68)37-24-38(37)56(50,64)65/h12-15,18-20,22-23,37-38,40H,10-11,21,24-28H2,1-9H3,(H,69,79)(H,71,77)(H2,81,82,83)/t37-,38+,40-/m0/s1. The Balaban J connectivity index is 1.31. The molecule has 3 amide bonds. The number of nitrogens with zero attached hydrogens (tertiary/aromatic N) is 6. The van der Waals surface area contributed by atoms with Crippen molar-refractivity contribution in [3.05, 3.63) is 122 Å². The maximum atomic E-state index is 15.8. The summed E-state index contributed by atoms with van der Waals surface area (Å²) in [5.41, 5.74) is -9.05. The van der Waals surface area contributed by atoms with Crippen LogP contribution in [0.1, 0.15) is 122 Å². The van der Waals surface area contributed by atoms with Gasteiger partial charge >= 0.3 is 27.8 Å². The number of rotatable bonds is 23. The Morgan fingerprint density at radius 1 is 0.894 bits per heavy atom. The number of fused-ring (bicyclic) bond motifs is 4. The molecule has 0 unspecified atom stereocenters. The van der Waals surface area contributed by atoms with Crippen LogP contribution in [0.4, 0.5) is 49.7 Å². The van der Waals surface area contributed by atoms with E-state index in [1.165, 1.54) is 54.5 Å². The van der Waals surface area contributed by atoms with Gasteiger partial charge in [0.2, 0.25) is 21.8 Å². The fourth-order valence-corrected chi connectivity index (χ4v) is 14.3. The third-order valence-electron chi connectivity index (χ3n) is 15.2. The van der Waals surface area contributed by atoms with E-state index in [0.29, 0.717) is 12.3 Å². The molecule has 0 aliphatic heterocycles. The van der Waals surface area contributed by atoms with Crippen LogP contribution in [0, 0.1) is 36.3 Å². The first-order valence-electron chi connectivity index (χ1n) is 28.0. The fourth-order valence-electron chi connectivity index (χ4n) is 11.1. The van der Waals surface area contributed by atoms with E-state index in [4.69, 9.17) is 25.2 Å². The zero-order valence-corrected chi connectivity index (χ0v) is 55.1. The van der Waals surface area contributed by atoms with Crippen LogP contribution in [-0.2, 0) is 84.7 Å². The summed E-state index contributed by atoms with van der Waals surface area (Å²) in [7, 11) is -18.6. The second kappa shape index (κ2) is 25.9. The molecule has 510 valence electrons. The van der Waals surface area contributed by atoms with Gasteiger partial charge in [-0.3, -0.25) is 38.1 Å². The fraction of sp³-hybridized carbons (Fsp3) is 0.439. The second-order valence-corrected chi connectivity index (χ2v) is 31.4. The van der Waals surface area contributed by atoms with Crippen molar-refractivity contribution in [2.24, 2.45) is 5.92 Å². The van der Waals surface area contributed by atoms with E-state index in [0.717, 1.165) is 48.7 Å². The van der Waals surface area contributed by atoms with Crippen LogP contribution in [0.2, 0.25) is 5.02 Å². The van der Waals surface area contributed by atoms with Crippen molar-refractivity contribution in [3.8, 4) is 28.7 Å². The number of hydrogen-bond acceptors (Lipinski definition) is 15. The molecule has 3 aromatic heterocycles. The summed E-state index contributed by atoms with van der Waals surface area (Å²) in [6.45, 7) is 5.62. The Labute approximate surface area is 535 Å². The number of carbonyl (C=O) groups excluding carboxylic acids is 3. The smallest absolute Gasteiger partial charge is 0.404 e. The lowest BCUT2D eigenvalue weighted by atomic mass is 9.78. The summed E-state index contributed by atoms with van der Waals surface area (Å²) in [6.07, 6.45) is -12.1. The molecule has 94 heavy (non-hydrogen) atoms. The van der Waals surface area contributed by atoms with Gasteiger partial charge in [-0.15, -0.1) is 0 Å². The molecule has 6 aromatic rings. The van der Waals surface area contributed by atoms with E-state index in [9.17, 15) is 58.5 Å². The third kappa shape index (κ3) is 15.8. The predicted molar refractivity (Wildman–Crippen MR) is 320 cm³/mol. The predicted octanol–water partition coefficient (Wildman–Crippen LogP) is 10.7. The van der Waals surface area contributed by atoms with Crippen molar-refractivity contribution in [1.29, 1.82) is 0 Å². The normalized spacial score (nSPS) is 16.2. The van der Waals surface area contributed by atoms with Gasteiger partial charge in [-0.1, -0.05) is 37.4 Å². The minimum atomic E-state index is -5.58.